The molecule has 0 spiro atoms. The molecule has 78 valence electrons. The second-order valence-corrected chi connectivity index (χ2v) is 2.91. The van der Waals surface area contributed by atoms with Gasteiger partial charge in [-0.25, -0.2) is 0 Å². The van der Waals surface area contributed by atoms with Gasteiger partial charge in [-0.3, -0.25) is 9.29 Å². The van der Waals surface area contributed by atoms with Crippen molar-refractivity contribution in [1.29, 1.82) is 0 Å². The van der Waals surface area contributed by atoms with Crippen LogP contribution >= 0.6 is 0 Å². The first-order valence-electron chi connectivity index (χ1n) is 4.49. The van der Waals surface area contributed by atoms with Gasteiger partial charge in [-0.05, 0) is 19.4 Å². The van der Waals surface area contributed by atoms with E-state index in [4.69, 9.17) is 10.9 Å². The zero-order valence-corrected chi connectivity index (χ0v) is 8.04. The molecule has 0 fully saturated rings. The van der Waals surface area contributed by atoms with Crippen LogP contribution in [0.5, 0.6) is 0 Å². The van der Waals surface area contributed by atoms with Crippen LogP contribution in [0.3, 0.4) is 0 Å². The van der Waals surface area contributed by atoms with Gasteiger partial charge in [-0.2, -0.15) is 0 Å². The lowest BCUT2D eigenvalue weighted by Crippen LogP contribution is -2.35. The van der Waals surface area contributed by atoms with Crippen molar-refractivity contribution < 1.29 is 9.60 Å². The van der Waals surface area contributed by atoms with Crippen LogP contribution < -0.4 is 5.73 Å². The molecular formula is C8H18FN3O. The number of hydrogen-bond acceptors (Lipinski definition) is 3. The summed E-state index contributed by atoms with van der Waals surface area (Å²) in [5.74, 6) is 0.173. The molecule has 5 heteroatoms. The maximum atomic E-state index is 11.9. The number of halogens is 1. The maximum absolute atomic E-state index is 11.9. The second-order valence-electron chi connectivity index (χ2n) is 2.91. The van der Waals surface area contributed by atoms with Gasteiger partial charge in [0.25, 0.3) is 0 Å². The van der Waals surface area contributed by atoms with Gasteiger partial charge in [0.15, 0.2) is 5.84 Å². The van der Waals surface area contributed by atoms with Crippen LogP contribution in [0.25, 0.3) is 0 Å². The normalized spacial score (nSPS) is 12.4. The van der Waals surface area contributed by atoms with Gasteiger partial charge in [0, 0.05) is 6.54 Å². The van der Waals surface area contributed by atoms with Crippen LogP contribution in [-0.4, -0.2) is 42.3 Å². The molecule has 0 unspecified atom stereocenters. The topological polar surface area (TPSA) is 61.8 Å². The number of nitrogens with two attached hydrogens (primary N) is 1. The molecule has 0 aromatic rings. The van der Waals surface area contributed by atoms with Crippen LogP contribution in [0, 0.1) is 0 Å². The van der Waals surface area contributed by atoms with E-state index in [0.717, 1.165) is 13.0 Å². The van der Waals surface area contributed by atoms with Crippen molar-refractivity contribution >= 4 is 5.84 Å². The zero-order chi connectivity index (χ0) is 10.1. The number of alkyl halides is 1. The molecule has 0 aliphatic heterocycles. The average Bonchev–Trinajstić information content (AvgIpc) is 2.14. The Balaban J connectivity index is 3.79. The van der Waals surface area contributed by atoms with Crippen molar-refractivity contribution in [3.63, 3.8) is 0 Å². The first kappa shape index (κ1) is 12.2. The highest BCUT2D eigenvalue weighted by Crippen LogP contribution is 1.94. The average molecular weight is 191 g/mol. The first-order valence-corrected chi connectivity index (χ1v) is 4.49. The minimum Gasteiger partial charge on any atom is -0.409 e. The molecule has 0 amide bonds. The molecular weight excluding hydrogens is 173 g/mol. The summed E-state index contributed by atoms with van der Waals surface area (Å²) in [6, 6.07) is 0. The van der Waals surface area contributed by atoms with Crippen molar-refractivity contribution in [3.8, 4) is 0 Å². The van der Waals surface area contributed by atoms with E-state index < -0.39 is 0 Å². The van der Waals surface area contributed by atoms with Crippen LogP contribution in [-0.2, 0) is 0 Å². The lowest BCUT2D eigenvalue weighted by atomic mass is 10.3. The summed E-state index contributed by atoms with van der Waals surface area (Å²) < 4.78 is 11.9. The first-order chi connectivity index (χ1) is 6.24. The number of rotatable bonds is 7. The molecule has 0 aliphatic carbocycles. The van der Waals surface area contributed by atoms with E-state index in [2.05, 4.69) is 5.16 Å². The summed E-state index contributed by atoms with van der Waals surface area (Å²) in [4.78, 5) is 1.97. The Morgan fingerprint density at radius 2 is 2.23 bits per heavy atom. The summed E-state index contributed by atoms with van der Waals surface area (Å²) in [6.07, 6.45) is 1.48. The van der Waals surface area contributed by atoms with Crippen LogP contribution in [0.15, 0.2) is 5.16 Å². The lowest BCUT2D eigenvalue weighted by molar-refractivity contribution is 0.279. The monoisotopic (exact) mass is 191 g/mol. The quantitative estimate of drug-likeness (QED) is 0.271. The van der Waals surface area contributed by atoms with Gasteiger partial charge < -0.3 is 10.9 Å². The molecule has 0 radical (unpaired) electrons. The molecule has 0 rings (SSSR count). The van der Waals surface area contributed by atoms with E-state index in [1.807, 2.05) is 11.8 Å². The minimum atomic E-state index is -0.323. The summed E-state index contributed by atoms with van der Waals surface area (Å²) in [6.45, 7) is 3.62. The fourth-order valence-corrected chi connectivity index (χ4v) is 1.13. The highest BCUT2D eigenvalue weighted by molar-refractivity contribution is 5.81. The zero-order valence-electron chi connectivity index (χ0n) is 8.04. The molecule has 3 N–H and O–H groups in total. The third-order valence-electron chi connectivity index (χ3n) is 1.66. The van der Waals surface area contributed by atoms with Gasteiger partial charge in [-0.15, -0.1) is 0 Å². The van der Waals surface area contributed by atoms with E-state index in [0.29, 0.717) is 19.5 Å². The van der Waals surface area contributed by atoms with E-state index in [1.165, 1.54) is 0 Å². The molecule has 0 aromatic carbocycles. The van der Waals surface area contributed by atoms with Crippen molar-refractivity contribution in [1.82, 2.24) is 4.90 Å². The summed E-state index contributed by atoms with van der Waals surface area (Å²) in [5, 5.41) is 11.2. The van der Waals surface area contributed by atoms with Crippen molar-refractivity contribution in [2.75, 3.05) is 26.3 Å². The maximum Gasteiger partial charge on any atom is 0.153 e. The Hall–Kier alpha value is -0.840. The van der Waals surface area contributed by atoms with Crippen molar-refractivity contribution in [2.24, 2.45) is 10.9 Å². The van der Waals surface area contributed by atoms with Crippen molar-refractivity contribution in [3.05, 3.63) is 0 Å². The fraction of sp³-hybridized carbons (Fsp3) is 0.875. The Morgan fingerprint density at radius 3 is 2.69 bits per heavy atom. The molecule has 0 aromatic heterocycles. The van der Waals surface area contributed by atoms with Gasteiger partial charge in [-0.1, -0.05) is 12.1 Å². The number of hydrogen-bond donors (Lipinski definition) is 2. The molecule has 0 atom stereocenters. The molecule has 0 saturated carbocycles. The highest BCUT2D eigenvalue weighted by atomic mass is 19.1. The lowest BCUT2D eigenvalue weighted by Gasteiger charge is -2.19. The smallest absolute Gasteiger partial charge is 0.153 e. The predicted molar refractivity (Wildman–Crippen MR) is 50.7 cm³/mol. The van der Waals surface area contributed by atoms with E-state index in [1.54, 1.807) is 0 Å². The Kier molecular flexibility index (Phi) is 7.29. The molecule has 0 bridgehead atoms. The van der Waals surface area contributed by atoms with Crippen LogP contribution in [0.1, 0.15) is 19.8 Å². The summed E-state index contributed by atoms with van der Waals surface area (Å²) >= 11 is 0. The third-order valence-corrected chi connectivity index (χ3v) is 1.66. The third kappa shape index (κ3) is 6.33. The molecule has 13 heavy (non-hydrogen) atoms. The highest BCUT2D eigenvalue weighted by Gasteiger charge is 2.05. The molecule has 4 nitrogen and oxygen atoms in total. The Labute approximate surface area is 78.2 Å². The number of oxime groups is 1. The summed E-state index contributed by atoms with van der Waals surface area (Å²) in [5.41, 5.74) is 5.34. The van der Waals surface area contributed by atoms with Gasteiger partial charge >= 0.3 is 0 Å². The number of amidine groups is 1. The van der Waals surface area contributed by atoms with Gasteiger partial charge in [0.05, 0.1) is 13.2 Å². The van der Waals surface area contributed by atoms with Gasteiger partial charge in [0.2, 0.25) is 0 Å². The SMILES string of the molecule is CCCN(CCCF)CC(N)=NO. The van der Waals surface area contributed by atoms with Gasteiger partial charge in [0.1, 0.15) is 0 Å². The molecule has 0 heterocycles. The largest absolute Gasteiger partial charge is 0.409 e. The molecule has 0 aliphatic rings. The van der Waals surface area contributed by atoms with E-state index >= 15 is 0 Å². The second kappa shape index (κ2) is 7.79. The predicted octanol–water partition coefficient (Wildman–Crippen LogP) is 0.804. The number of nitrogens with zero attached hydrogens (tertiary/aromatic N) is 2. The van der Waals surface area contributed by atoms with Crippen LogP contribution in [0.4, 0.5) is 4.39 Å². The summed E-state index contributed by atoms with van der Waals surface area (Å²) in [7, 11) is 0. The molecule has 0 saturated heterocycles. The Morgan fingerprint density at radius 1 is 1.54 bits per heavy atom. The van der Waals surface area contributed by atoms with Crippen molar-refractivity contribution in [2.45, 2.75) is 19.8 Å². The fourth-order valence-electron chi connectivity index (χ4n) is 1.13. The standard InChI is InChI=1S/C8H18FN3O/c1-2-5-12(6-3-4-9)7-8(10)11-13/h13H,2-7H2,1H3,(H2,10,11). The van der Waals surface area contributed by atoms with Crippen LogP contribution in [0.2, 0.25) is 0 Å². The van der Waals surface area contributed by atoms with E-state index in [-0.39, 0.29) is 12.5 Å². The minimum absolute atomic E-state index is 0.173. The van der Waals surface area contributed by atoms with E-state index in [9.17, 15) is 4.39 Å². The Bertz CT molecular complexity index is 152.